The van der Waals surface area contributed by atoms with Crippen molar-refractivity contribution in [2.45, 2.75) is 0 Å². The smallest absolute Gasteiger partial charge is 0.258 e. The number of carbonyl (C=O) groups is 2. The van der Waals surface area contributed by atoms with Gasteiger partial charge in [-0.3, -0.25) is 14.5 Å². The summed E-state index contributed by atoms with van der Waals surface area (Å²) in [5.74, 6) is -1.32. The molecule has 1 saturated heterocycles. The highest BCUT2D eigenvalue weighted by Crippen LogP contribution is 2.20. The number of ether oxygens (including phenoxy) is 2. The number of hydrogen-bond donors (Lipinski definition) is 2. The Morgan fingerprint density at radius 1 is 1.10 bits per heavy atom. The largest absolute Gasteiger partial charge is 0.497 e. The fraction of sp³-hybridized carbons (Fsp3) is 0.333. The highest BCUT2D eigenvalue weighted by molar-refractivity contribution is 6.09. The van der Waals surface area contributed by atoms with Crippen molar-refractivity contribution >= 4 is 29.9 Å². The maximum Gasteiger partial charge on any atom is 0.258 e. The first kappa shape index (κ1) is 23.6. The van der Waals surface area contributed by atoms with Gasteiger partial charge in [-0.15, -0.1) is 12.4 Å². The number of rotatable bonds is 7. The van der Waals surface area contributed by atoms with Crippen LogP contribution in [0.3, 0.4) is 0 Å². The highest BCUT2D eigenvalue weighted by Gasteiger charge is 2.17. The first-order valence-corrected chi connectivity index (χ1v) is 9.40. The summed E-state index contributed by atoms with van der Waals surface area (Å²) in [6.07, 6.45) is 0. The molecule has 1 aliphatic rings. The molecule has 30 heavy (non-hydrogen) atoms. The quantitative estimate of drug-likeness (QED) is 0.696. The van der Waals surface area contributed by atoms with Gasteiger partial charge in [0.05, 0.1) is 37.1 Å². The van der Waals surface area contributed by atoms with Crippen LogP contribution in [-0.2, 0) is 4.74 Å². The Balaban J connectivity index is 0.00000320. The van der Waals surface area contributed by atoms with E-state index in [2.05, 4.69) is 15.5 Å². The molecule has 0 atom stereocenters. The van der Waals surface area contributed by atoms with Gasteiger partial charge in [-0.05, 0) is 24.3 Å². The van der Waals surface area contributed by atoms with E-state index in [0.717, 1.165) is 25.7 Å². The number of anilines is 1. The van der Waals surface area contributed by atoms with Crippen LogP contribution in [0.1, 0.15) is 20.7 Å². The number of benzene rings is 2. The van der Waals surface area contributed by atoms with E-state index in [4.69, 9.17) is 9.47 Å². The number of amides is 2. The van der Waals surface area contributed by atoms with Gasteiger partial charge in [-0.25, -0.2) is 4.39 Å². The summed E-state index contributed by atoms with van der Waals surface area (Å²) in [5, 5.41) is 5.48. The fourth-order valence-corrected chi connectivity index (χ4v) is 3.03. The van der Waals surface area contributed by atoms with Crippen molar-refractivity contribution in [1.29, 1.82) is 0 Å². The summed E-state index contributed by atoms with van der Waals surface area (Å²) in [5.41, 5.74) is 0.502. The molecule has 162 valence electrons. The number of carbonyl (C=O) groups excluding carboxylic acids is 2. The number of nitrogens with zero attached hydrogens (tertiary/aromatic N) is 1. The predicted molar refractivity (Wildman–Crippen MR) is 114 cm³/mol. The lowest BCUT2D eigenvalue weighted by Crippen LogP contribution is -2.41. The average Bonchev–Trinajstić information content (AvgIpc) is 2.74. The van der Waals surface area contributed by atoms with E-state index in [-0.39, 0.29) is 23.9 Å². The number of halogens is 2. The van der Waals surface area contributed by atoms with Crippen LogP contribution in [0.4, 0.5) is 10.1 Å². The van der Waals surface area contributed by atoms with Crippen molar-refractivity contribution in [2.75, 3.05) is 51.8 Å². The Hall–Kier alpha value is -2.68. The minimum atomic E-state index is -0.700. The van der Waals surface area contributed by atoms with Crippen LogP contribution >= 0.6 is 12.4 Å². The van der Waals surface area contributed by atoms with Crippen LogP contribution in [0, 0.1) is 5.82 Å². The van der Waals surface area contributed by atoms with Crippen LogP contribution < -0.4 is 15.4 Å². The Labute approximate surface area is 180 Å². The number of methoxy groups -OCH3 is 1. The lowest BCUT2D eigenvalue weighted by molar-refractivity contribution is 0.0383. The molecule has 1 fully saturated rings. The molecule has 0 radical (unpaired) electrons. The number of morpholine rings is 1. The van der Waals surface area contributed by atoms with Crippen LogP contribution in [0.15, 0.2) is 42.5 Å². The minimum absolute atomic E-state index is 0. The van der Waals surface area contributed by atoms with E-state index in [9.17, 15) is 14.0 Å². The van der Waals surface area contributed by atoms with Crippen LogP contribution in [0.2, 0.25) is 0 Å². The van der Waals surface area contributed by atoms with Gasteiger partial charge in [0, 0.05) is 32.2 Å². The van der Waals surface area contributed by atoms with E-state index in [0.29, 0.717) is 36.8 Å². The van der Waals surface area contributed by atoms with Gasteiger partial charge in [0.1, 0.15) is 11.6 Å². The standard InChI is InChI=1S/C21H24FN3O4.ClH/c1-28-15-6-7-16(18(22)14-15)21(27)24-19-5-3-2-4-17(19)20(26)23-8-9-25-10-12-29-13-11-25;/h2-7,14H,8-13H2,1H3,(H,23,26)(H,24,27);1H. The summed E-state index contributed by atoms with van der Waals surface area (Å²) in [6, 6.07) is 10.6. The second-order valence-electron chi connectivity index (χ2n) is 6.56. The lowest BCUT2D eigenvalue weighted by atomic mass is 10.1. The zero-order chi connectivity index (χ0) is 20.6. The van der Waals surface area contributed by atoms with E-state index in [1.165, 1.54) is 19.2 Å². The highest BCUT2D eigenvalue weighted by atomic mass is 35.5. The molecule has 2 amide bonds. The van der Waals surface area contributed by atoms with Gasteiger partial charge in [0.2, 0.25) is 0 Å². The fourth-order valence-electron chi connectivity index (χ4n) is 3.03. The summed E-state index contributed by atoms with van der Waals surface area (Å²) in [6.45, 7) is 4.29. The third-order valence-corrected chi connectivity index (χ3v) is 4.66. The zero-order valence-electron chi connectivity index (χ0n) is 16.7. The number of nitrogens with one attached hydrogen (secondary N) is 2. The topological polar surface area (TPSA) is 79.9 Å². The van der Waals surface area contributed by atoms with Crippen molar-refractivity contribution in [3.05, 3.63) is 59.4 Å². The predicted octanol–water partition coefficient (Wildman–Crippen LogP) is 2.57. The van der Waals surface area contributed by atoms with E-state index < -0.39 is 11.7 Å². The SMILES string of the molecule is COc1ccc(C(=O)Nc2ccccc2C(=O)NCCN2CCOCC2)c(F)c1.Cl. The van der Waals surface area contributed by atoms with E-state index in [1.54, 1.807) is 24.3 Å². The third kappa shape index (κ3) is 6.16. The first-order valence-electron chi connectivity index (χ1n) is 9.40. The Kier molecular flexibility index (Phi) is 9.04. The molecule has 9 heteroatoms. The number of hydrogen-bond acceptors (Lipinski definition) is 5. The second kappa shape index (κ2) is 11.5. The van der Waals surface area contributed by atoms with Gasteiger partial charge in [0.15, 0.2) is 0 Å². The maximum absolute atomic E-state index is 14.2. The molecule has 2 aromatic rings. The van der Waals surface area contributed by atoms with Crippen molar-refractivity contribution in [2.24, 2.45) is 0 Å². The third-order valence-electron chi connectivity index (χ3n) is 4.66. The molecule has 0 aromatic heterocycles. The van der Waals surface area contributed by atoms with Gasteiger partial charge >= 0.3 is 0 Å². The molecule has 0 spiro atoms. The van der Waals surface area contributed by atoms with Crippen molar-refractivity contribution in [1.82, 2.24) is 10.2 Å². The van der Waals surface area contributed by atoms with Crippen molar-refractivity contribution < 1.29 is 23.5 Å². The molecule has 7 nitrogen and oxygen atoms in total. The molecule has 1 heterocycles. The van der Waals surface area contributed by atoms with Crippen LogP contribution in [0.5, 0.6) is 5.75 Å². The molecule has 0 unspecified atom stereocenters. The lowest BCUT2D eigenvalue weighted by Gasteiger charge is -2.26. The van der Waals surface area contributed by atoms with E-state index in [1.807, 2.05) is 0 Å². The summed E-state index contributed by atoms with van der Waals surface area (Å²) >= 11 is 0. The van der Waals surface area contributed by atoms with Gasteiger partial charge < -0.3 is 20.1 Å². The second-order valence-corrected chi connectivity index (χ2v) is 6.56. The van der Waals surface area contributed by atoms with Crippen molar-refractivity contribution in [3.8, 4) is 5.75 Å². The number of para-hydroxylation sites is 1. The molecular weight excluding hydrogens is 413 g/mol. The molecule has 0 aliphatic carbocycles. The molecule has 3 rings (SSSR count). The zero-order valence-corrected chi connectivity index (χ0v) is 17.5. The first-order chi connectivity index (χ1) is 14.1. The molecule has 2 aromatic carbocycles. The molecule has 2 N–H and O–H groups in total. The van der Waals surface area contributed by atoms with E-state index >= 15 is 0 Å². The molecule has 0 saturated carbocycles. The molecule has 1 aliphatic heterocycles. The van der Waals surface area contributed by atoms with Gasteiger partial charge in [0.25, 0.3) is 11.8 Å². The maximum atomic E-state index is 14.2. The van der Waals surface area contributed by atoms with Gasteiger partial charge in [-0.1, -0.05) is 12.1 Å². The minimum Gasteiger partial charge on any atom is -0.497 e. The Morgan fingerprint density at radius 3 is 2.53 bits per heavy atom. The Morgan fingerprint density at radius 2 is 1.83 bits per heavy atom. The van der Waals surface area contributed by atoms with Gasteiger partial charge in [-0.2, -0.15) is 0 Å². The Bertz CT molecular complexity index is 875. The average molecular weight is 438 g/mol. The summed E-state index contributed by atoms with van der Waals surface area (Å²) < 4.78 is 24.4. The molecular formula is C21H25ClFN3O4. The normalized spacial score (nSPS) is 13.8. The van der Waals surface area contributed by atoms with Crippen LogP contribution in [-0.4, -0.2) is 63.2 Å². The summed E-state index contributed by atoms with van der Waals surface area (Å²) in [4.78, 5) is 27.3. The van der Waals surface area contributed by atoms with Crippen LogP contribution in [0.25, 0.3) is 0 Å². The summed E-state index contributed by atoms with van der Waals surface area (Å²) in [7, 11) is 1.42. The van der Waals surface area contributed by atoms with Crippen molar-refractivity contribution in [3.63, 3.8) is 0 Å². The molecule has 0 bridgehead atoms. The monoisotopic (exact) mass is 437 g/mol.